The molecule has 0 nitrogen and oxygen atoms in total. The van der Waals surface area contributed by atoms with E-state index in [9.17, 15) is 0 Å². The lowest BCUT2D eigenvalue weighted by Gasteiger charge is -1.82. The van der Waals surface area contributed by atoms with Crippen molar-refractivity contribution in [3.8, 4) is 0 Å². The Labute approximate surface area is 47.3 Å². The van der Waals surface area contributed by atoms with Gasteiger partial charge in [0.2, 0.25) is 0 Å². The van der Waals surface area contributed by atoms with Crippen LogP contribution in [0.4, 0.5) is 0 Å². The van der Waals surface area contributed by atoms with E-state index in [-0.39, 0.29) is 7.55 Å². The summed E-state index contributed by atoms with van der Waals surface area (Å²) in [7, 11) is 0.144. The zero-order chi connectivity index (χ0) is 5.70. The van der Waals surface area contributed by atoms with E-state index in [1.807, 2.05) is 0 Å². The molecule has 0 rings (SSSR count). The summed E-state index contributed by atoms with van der Waals surface area (Å²) in [6.07, 6.45) is 7.98. The summed E-state index contributed by atoms with van der Waals surface area (Å²) in [4.78, 5) is 0. The van der Waals surface area contributed by atoms with Crippen molar-refractivity contribution in [2.45, 2.75) is 19.8 Å². The lowest BCUT2D eigenvalue weighted by atomic mass is 10.4. The monoisotopic (exact) mass is 117 g/mol. The number of hydrogen-bond donors (Lipinski definition) is 0. The zero-order valence-electron chi connectivity index (χ0n) is 5.28. The highest BCUT2D eigenvalue weighted by Gasteiger charge is 1.91. The fourth-order valence-electron chi connectivity index (χ4n) is 0.428. The molecule has 0 aliphatic rings. The van der Waals surface area contributed by atoms with Crippen LogP contribution in [0.1, 0.15) is 19.8 Å². The van der Waals surface area contributed by atoms with Gasteiger partial charge in [0, 0.05) is 0 Å². The maximum atomic E-state index is 3.94. The topological polar surface area (TPSA) is 0 Å². The van der Waals surface area contributed by atoms with E-state index in [1.165, 1.54) is 19.0 Å². The Morgan fingerprint density at radius 3 is 2.29 bits per heavy atom. The Hall–Kier alpha value is 0.170. The molecule has 0 amide bonds. The van der Waals surface area contributed by atoms with Gasteiger partial charge in [-0.25, -0.2) is 0 Å². The molecule has 0 aromatic carbocycles. The van der Waals surface area contributed by atoms with Gasteiger partial charge in [0.05, 0.1) is 20.5 Å². The van der Waals surface area contributed by atoms with Crippen LogP contribution in [0.3, 0.4) is 0 Å². The Bertz CT molecular complexity index is 57.2. The van der Waals surface area contributed by atoms with Crippen LogP contribution >= 0.6 is 7.55 Å². The maximum absolute atomic E-state index is 3.94. The largest absolute Gasteiger partial charge is 0.105 e. The highest BCUT2D eigenvalue weighted by atomic mass is 31.1. The van der Waals surface area contributed by atoms with Crippen molar-refractivity contribution in [2.24, 2.45) is 0 Å². The summed E-state index contributed by atoms with van der Waals surface area (Å²) in [5, 5.41) is 0. The van der Waals surface area contributed by atoms with Gasteiger partial charge in [0.15, 0.2) is 0 Å². The molecule has 0 N–H and O–H groups in total. The first-order valence-electron chi connectivity index (χ1n) is 2.79. The van der Waals surface area contributed by atoms with Crippen molar-refractivity contribution in [3.63, 3.8) is 0 Å². The van der Waals surface area contributed by atoms with Crippen LogP contribution in [0.2, 0.25) is 0 Å². The van der Waals surface area contributed by atoms with E-state index in [1.54, 1.807) is 0 Å². The molecule has 0 bridgehead atoms. The molecule has 1 atom stereocenters. The lowest BCUT2D eigenvalue weighted by Crippen LogP contribution is -1.73. The van der Waals surface area contributed by atoms with Gasteiger partial charge in [-0.1, -0.05) is 13.3 Å². The molecule has 0 aliphatic heterocycles. The Balaban J connectivity index is 2.82. The van der Waals surface area contributed by atoms with Crippen LogP contribution < -0.4 is 0 Å². The van der Waals surface area contributed by atoms with E-state index in [4.69, 9.17) is 0 Å². The third-order valence-corrected chi connectivity index (χ3v) is 1.97. The van der Waals surface area contributed by atoms with Gasteiger partial charge in [-0.15, -0.1) is 0 Å². The van der Waals surface area contributed by atoms with E-state index in [0.717, 1.165) is 0 Å². The first-order valence-corrected chi connectivity index (χ1v) is 4.95. The summed E-state index contributed by atoms with van der Waals surface area (Å²) < 4.78 is 0. The summed E-state index contributed by atoms with van der Waals surface area (Å²) in [5.41, 5.74) is 0. The molecule has 0 saturated carbocycles. The van der Waals surface area contributed by atoms with Crippen LogP contribution in [-0.2, 0) is 0 Å². The minimum Gasteiger partial charge on any atom is -0.0652 e. The van der Waals surface area contributed by atoms with Crippen LogP contribution in [0.5, 0.6) is 0 Å². The molecular weight excluding hydrogens is 103 g/mol. The molecule has 1 heteroatoms. The fourth-order valence-corrected chi connectivity index (χ4v) is 1.28. The predicted molar refractivity (Wildman–Crippen MR) is 39.7 cm³/mol. The molecule has 1 unspecified atom stereocenters. The first kappa shape index (κ1) is 7.17. The highest BCUT2D eigenvalue weighted by molar-refractivity contribution is 7.54. The van der Waals surface area contributed by atoms with Crippen LogP contribution in [0, 0.1) is 0 Å². The third kappa shape index (κ3) is 6.17. The second-order valence-electron chi connectivity index (χ2n) is 1.93. The van der Waals surface area contributed by atoms with Crippen LogP contribution in [-0.4, -0.2) is 19.1 Å². The molecule has 0 radical (unpaired) electrons. The van der Waals surface area contributed by atoms with E-state index < -0.39 is 0 Å². The van der Waals surface area contributed by atoms with Gasteiger partial charge in [-0.3, -0.25) is 0 Å². The summed E-state index contributed by atoms with van der Waals surface area (Å²) >= 11 is 0. The molecule has 7 heavy (non-hydrogen) atoms. The lowest BCUT2D eigenvalue weighted by molar-refractivity contribution is 0.894. The fraction of sp³-hybridized carbons (Fsp3) is 0.833. The number of unbranched alkanes of at least 4 members (excludes halogenated alkanes) is 1. The van der Waals surface area contributed by atoms with E-state index in [2.05, 4.69) is 19.9 Å². The second-order valence-corrected chi connectivity index (χ2v) is 4.09. The Morgan fingerprint density at radius 2 is 2.14 bits per heavy atom. The van der Waals surface area contributed by atoms with Crippen molar-refractivity contribution in [2.75, 3.05) is 12.8 Å². The predicted octanol–water partition coefficient (Wildman–Crippen LogP) is 2.33. The first-order chi connectivity index (χ1) is 3.27. The quantitative estimate of drug-likeness (QED) is 0.498. The third-order valence-electron chi connectivity index (χ3n) is 0.893. The van der Waals surface area contributed by atoms with Crippen LogP contribution in [0.15, 0.2) is 0 Å². The van der Waals surface area contributed by atoms with Crippen molar-refractivity contribution in [1.82, 2.24) is 0 Å². The molecule has 0 spiro atoms. The van der Waals surface area contributed by atoms with Gasteiger partial charge in [0.25, 0.3) is 0 Å². The SMILES string of the molecule is C=[P+](C)CCCC. The molecule has 0 heterocycles. The maximum Gasteiger partial charge on any atom is 0.105 e. The van der Waals surface area contributed by atoms with Gasteiger partial charge in [0.1, 0.15) is 6.16 Å². The average molecular weight is 117 g/mol. The van der Waals surface area contributed by atoms with Crippen molar-refractivity contribution in [1.29, 1.82) is 0 Å². The van der Waals surface area contributed by atoms with Crippen molar-refractivity contribution >= 4 is 13.8 Å². The van der Waals surface area contributed by atoms with E-state index in [0.29, 0.717) is 0 Å². The molecule has 0 aliphatic carbocycles. The zero-order valence-corrected chi connectivity index (χ0v) is 6.17. The molecule has 0 saturated heterocycles. The smallest absolute Gasteiger partial charge is 0.0652 e. The molecular formula is C6H14P+. The second kappa shape index (κ2) is 4.33. The summed E-state index contributed by atoms with van der Waals surface area (Å²) in [6, 6.07) is 0. The minimum atomic E-state index is 0.144. The van der Waals surface area contributed by atoms with Gasteiger partial charge in [-0.2, -0.15) is 0 Å². The number of rotatable bonds is 3. The highest BCUT2D eigenvalue weighted by Crippen LogP contribution is 2.13. The Morgan fingerprint density at radius 1 is 1.57 bits per heavy atom. The normalized spacial score (nSPS) is 11.4. The average Bonchev–Trinajstić information content (AvgIpc) is 1.61. The van der Waals surface area contributed by atoms with Gasteiger partial charge >= 0.3 is 0 Å². The summed E-state index contributed by atoms with van der Waals surface area (Å²) in [6.45, 7) is 4.45. The molecule has 0 fully saturated rings. The van der Waals surface area contributed by atoms with Crippen molar-refractivity contribution < 1.29 is 0 Å². The molecule has 0 aromatic heterocycles. The van der Waals surface area contributed by atoms with Crippen LogP contribution in [0.25, 0.3) is 0 Å². The number of hydrogen-bond acceptors (Lipinski definition) is 0. The molecule has 0 aromatic rings. The molecule has 42 valence electrons. The van der Waals surface area contributed by atoms with E-state index >= 15 is 0 Å². The van der Waals surface area contributed by atoms with Gasteiger partial charge in [-0.05, 0) is 6.42 Å². The van der Waals surface area contributed by atoms with Crippen molar-refractivity contribution in [3.05, 3.63) is 0 Å². The standard InChI is InChI=1S/C6H14P/c1-4-5-6-7(2)3/h2,4-6H2,1,3H3/q+1. The Kier molecular flexibility index (Phi) is 4.44. The van der Waals surface area contributed by atoms with Gasteiger partial charge < -0.3 is 0 Å². The minimum absolute atomic E-state index is 0.144. The summed E-state index contributed by atoms with van der Waals surface area (Å²) in [5.74, 6) is 0.